The van der Waals surface area contributed by atoms with Crippen LogP contribution in [0, 0.1) is 0 Å². The van der Waals surface area contributed by atoms with E-state index in [0.29, 0.717) is 0 Å². The van der Waals surface area contributed by atoms with Crippen molar-refractivity contribution in [3.05, 3.63) is 36.0 Å². The zero-order chi connectivity index (χ0) is 17.3. The molecule has 2 heterocycles. The Kier molecular flexibility index (Phi) is 5.95. The highest BCUT2D eigenvalue weighted by Crippen LogP contribution is 2.29. The van der Waals surface area contributed by atoms with E-state index >= 15 is 0 Å². The van der Waals surface area contributed by atoms with Gasteiger partial charge >= 0.3 is 12.5 Å². The first kappa shape index (κ1) is 19.9. The number of nitrogens with zero attached hydrogens (tertiary/aromatic N) is 3. The fraction of sp³-hybridized carbons (Fsp3) is 0.250. The van der Waals surface area contributed by atoms with Crippen LogP contribution in [0.3, 0.4) is 0 Å². The van der Waals surface area contributed by atoms with Crippen molar-refractivity contribution in [1.82, 2.24) is 15.0 Å². The lowest BCUT2D eigenvalue weighted by Gasteiger charge is -2.13. The van der Waals surface area contributed by atoms with Crippen LogP contribution in [0.1, 0.15) is 11.4 Å². The van der Waals surface area contributed by atoms with E-state index in [-0.39, 0.29) is 35.8 Å². The van der Waals surface area contributed by atoms with Crippen LogP contribution in [0.2, 0.25) is 0 Å². The molecular formula is C12H9ClF6N4O. The Hall–Kier alpha value is -2.14. The average molecular weight is 375 g/mol. The SMILES string of the molecule is Cl.NCc1cc(-c2cnc(C(F)(F)F)nc2)ncc1OC(F)(F)F. The van der Waals surface area contributed by atoms with Gasteiger partial charge < -0.3 is 10.5 Å². The number of pyridine rings is 1. The number of hydrogen-bond donors (Lipinski definition) is 1. The lowest BCUT2D eigenvalue weighted by atomic mass is 10.1. The molecule has 2 rings (SSSR count). The molecule has 2 N–H and O–H groups in total. The normalized spacial score (nSPS) is 11.8. The molecule has 2 aromatic rings. The molecule has 0 bridgehead atoms. The Balaban J connectivity index is 0.00000288. The lowest BCUT2D eigenvalue weighted by molar-refractivity contribution is -0.275. The molecule has 0 aromatic carbocycles. The first-order chi connectivity index (χ1) is 10.6. The van der Waals surface area contributed by atoms with Crippen molar-refractivity contribution in [3.63, 3.8) is 0 Å². The van der Waals surface area contributed by atoms with E-state index in [1.165, 1.54) is 0 Å². The number of nitrogens with two attached hydrogens (primary N) is 1. The van der Waals surface area contributed by atoms with Gasteiger partial charge in [0.1, 0.15) is 0 Å². The largest absolute Gasteiger partial charge is 0.573 e. The first-order valence-corrected chi connectivity index (χ1v) is 5.94. The summed E-state index contributed by atoms with van der Waals surface area (Å²) in [7, 11) is 0. The summed E-state index contributed by atoms with van der Waals surface area (Å²) in [6, 6.07) is 1.16. The molecule has 0 fully saturated rings. The predicted octanol–water partition coefficient (Wildman–Crippen LogP) is 3.34. The molecule has 0 aliphatic carbocycles. The molecule has 0 amide bonds. The van der Waals surface area contributed by atoms with E-state index in [9.17, 15) is 26.3 Å². The van der Waals surface area contributed by atoms with Crippen molar-refractivity contribution in [1.29, 1.82) is 0 Å². The molecule has 0 saturated heterocycles. The summed E-state index contributed by atoms with van der Waals surface area (Å²) in [5.74, 6) is -1.92. The van der Waals surface area contributed by atoms with Gasteiger partial charge in [0.25, 0.3) is 0 Å². The van der Waals surface area contributed by atoms with Gasteiger partial charge in [0, 0.05) is 30.1 Å². The average Bonchev–Trinajstić information content (AvgIpc) is 2.45. The summed E-state index contributed by atoms with van der Waals surface area (Å²) in [6.45, 7) is -0.289. The molecule has 12 heteroatoms. The maximum atomic E-state index is 12.4. The monoisotopic (exact) mass is 374 g/mol. The van der Waals surface area contributed by atoms with Crippen LogP contribution in [-0.4, -0.2) is 21.3 Å². The standard InChI is InChI=1S/C12H8F6N4O.ClH/c13-11(14,15)10-21-3-7(4-22-10)8-1-6(2-19)9(5-20-8)23-12(16,17)18;/h1,3-5H,2,19H2;1H. The van der Waals surface area contributed by atoms with E-state index in [0.717, 1.165) is 24.7 Å². The molecule has 132 valence electrons. The molecule has 0 aliphatic rings. The van der Waals surface area contributed by atoms with Crippen LogP contribution in [-0.2, 0) is 12.7 Å². The summed E-state index contributed by atoms with van der Waals surface area (Å²) >= 11 is 0. The second kappa shape index (κ2) is 7.18. The number of rotatable bonds is 3. The quantitative estimate of drug-likeness (QED) is 0.834. The fourth-order valence-corrected chi connectivity index (χ4v) is 1.63. The lowest BCUT2D eigenvalue weighted by Crippen LogP contribution is -2.19. The second-order valence-corrected chi connectivity index (χ2v) is 4.22. The van der Waals surface area contributed by atoms with Gasteiger partial charge in [-0.05, 0) is 6.07 Å². The van der Waals surface area contributed by atoms with E-state index < -0.39 is 24.1 Å². The minimum absolute atomic E-state index is 0. The van der Waals surface area contributed by atoms with E-state index in [4.69, 9.17) is 5.73 Å². The smallest absolute Gasteiger partial charge is 0.404 e. The van der Waals surface area contributed by atoms with Gasteiger partial charge in [0.05, 0.1) is 11.9 Å². The Bertz CT molecular complexity index is 689. The number of hydrogen-bond acceptors (Lipinski definition) is 5. The molecule has 0 saturated carbocycles. The van der Waals surface area contributed by atoms with Gasteiger partial charge in [-0.2, -0.15) is 13.2 Å². The van der Waals surface area contributed by atoms with Crippen LogP contribution < -0.4 is 10.5 Å². The fourth-order valence-electron chi connectivity index (χ4n) is 1.63. The van der Waals surface area contributed by atoms with Crippen LogP contribution in [0.25, 0.3) is 11.3 Å². The van der Waals surface area contributed by atoms with Crippen LogP contribution in [0.4, 0.5) is 26.3 Å². The van der Waals surface area contributed by atoms with Gasteiger partial charge in [-0.3, -0.25) is 4.98 Å². The zero-order valence-corrected chi connectivity index (χ0v) is 12.3. The molecule has 2 aromatic heterocycles. The van der Waals surface area contributed by atoms with Crippen molar-refractivity contribution in [2.24, 2.45) is 5.73 Å². The van der Waals surface area contributed by atoms with E-state index in [1.807, 2.05) is 0 Å². The third-order valence-corrected chi connectivity index (χ3v) is 2.60. The van der Waals surface area contributed by atoms with Crippen LogP contribution in [0.15, 0.2) is 24.7 Å². The first-order valence-electron chi connectivity index (χ1n) is 5.94. The Labute approximate surface area is 137 Å². The Morgan fingerprint density at radius 3 is 2.00 bits per heavy atom. The summed E-state index contributed by atoms with van der Waals surface area (Å²) < 4.78 is 77.5. The number of alkyl halides is 6. The summed E-state index contributed by atoms with van der Waals surface area (Å²) in [5, 5.41) is 0. The third-order valence-electron chi connectivity index (χ3n) is 2.60. The van der Waals surface area contributed by atoms with Crippen molar-refractivity contribution >= 4 is 12.4 Å². The maximum absolute atomic E-state index is 12.4. The molecule has 0 unspecified atom stereocenters. The molecule has 5 nitrogen and oxygen atoms in total. The molecule has 0 spiro atoms. The van der Waals surface area contributed by atoms with Crippen molar-refractivity contribution in [2.45, 2.75) is 19.1 Å². The number of aromatic nitrogens is 3. The highest BCUT2D eigenvalue weighted by atomic mass is 35.5. The Morgan fingerprint density at radius 1 is 0.958 bits per heavy atom. The minimum atomic E-state index is -4.91. The van der Waals surface area contributed by atoms with Gasteiger partial charge in [0.2, 0.25) is 5.82 Å². The summed E-state index contributed by atoms with van der Waals surface area (Å²) in [5.41, 5.74) is 5.47. The van der Waals surface area contributed by atoms with Gasteiger partial charge in [-0.25, -0.2) is 9.97 Å². The van der Waals surface area contributed by atoms with Gasteiger partial charge in [0.15, 0.2) is 5.75 Å². The molecule has 24 heavy (non-hydrogen) atoms. The zero-order valence-electron chi connectivity index (χ0n) is 11.5. The third kappa shape index (κ3) is 4.93. The van der Waals surface area contributed by atoms with Crippen LogP contribution >= 0.6 is 12.4 Å². The second-order valence-electron chi connectivity index (χ2n) is 4.22. The van der Waals surface area contributed by atoms with E-state index in [1.54, 1.807) is 0 Å². The summed E-state index contributed by atoms with van der Waals surface area (Å²) in [6.07, 6.45) is -7.10. The highest BCUT2D eigenvalue weighted by Gasteiger charge is 2.34. The topological polar surface area (TPSA) is 73.9 Å². The summed E-state index contributed by atoms with van der Waals surface area (Å²) in [4.78, 5) is 9.98. The Morgan fingerprint density at radius 2 is 1.54 bits per heavy atom. The number of halogens is 7. The predicted molar refractivity (Wildman–Crippen MR) is 72.1 cm³/mol. The maximum Gasteiger partial charge on any atom is 0.573 e. The minimum Gasteiger partial charge on any atom is -0.404 e. The van der Waals surface area contributed by atoms with Crippen molar-refractivity contribution < 1.29 is 31.1 Å². The molecule has 0 radical (unpaired) electrons. The van der Waals surface area contributed by atoms with Crippen molar-refractivity contribution in [2.75, 3.05) is 0 Å². The molecule has 0 aliphatic heterocycles. The number of ether oxygens (including phenoxy) is 1. The van der Waals surface area contributed by atoms with Crippen LogP contribution in [0.5, 0.6) is 5.75 Å². The molecular weight excluding hydrogens is 366 g/mol. The van der Waals surface area contributed by atoms with Gasteiger partial charge in [-0.1, -0.05) is 0 Å². The van der Waals surface area contributed by atoms with E-state index in [2.05, 4.69) is 19.7 Å². The molecule has 0 atom stereocenters. The van der Waals surface area contributed by atoms with Gasteiger partial charge in [-0.15, -0.1) is 25.6 Å². The van der Waals surface area contributed by atoms with Crippen molar-refractivity contribution in [3.8, 4) is 17.0 Å². The highest BCUT2D eigenvalue weighted by molar-refractivity contribution is 5.85.